The Bertz CT molecular complexity index is 791. The van der Waals surface area contributed by atoms with E-state index in [0.29, 0.717) is 5.02 Å². The molecule has 0 saturated heterocycles. The summed E-state index contributed by atoms with van der Waals surface area (Å²) in [6.45, 7) is 4.21. The topological polar surface area (TPSA) is 39.2 Å². The SMILES string of the molecule is Cc1ccc(C)c(CC(N)c2cc3cc(Cl)ccc3o2)c1. The van der Waals surface area contributed by atoms with Gasteiger partial charge in [0.2, 0.25) is 0 Å². The average molecular weight is 300 g/mol. The minimum Gasteiger partial charge on any atom is -0.459 e. The number of fused-ring (bicyclic) bond motifs is 1. The molecule has 1 aromatic heterocycles. The second-order valence-electron chi connectivity index (χ2n) is 5.57. The van der Waals surface area contributed by atoms with Crippen LogP contribution in [-0.2, 0) is 6.42 Å². The Morgan fingerprint density at radius 2 is 1.90 bits per heavy atom. The minimum absolute atomic E-state index is 0.156. The van der Waals surface area contributed by atoms with E-state index in [9.17, 15) is 0 Å². The van der Waals surface area contributed by atoms with Gasteiger partial charge in [0.25, 0.3) is 0 Å². The van der Waals surface area contributed by atoms with Crippen LogP contribution >= 0.6 is 11.6 Å². The van der Waals surface area contributed by atoms with Gasteiger partial charge in [0, 0.05) is 10.4 Å². The Hall–Kier alpha value is -1.77. The Balaban J connectivity index is 1.89. The van der Waals surface area contributed by atoms with Crippen LogP contribution in [0.1, 0.15) is 28.5 Å². The van der Waals surface area contributed by atoms with Gasteiger partial charge in [-0.3, -0.25) is 0 Å². The first kappa shape index (κ1) is 14.2. The number of rotatable bonds is 3. The summed E-state index contributed by atoms with van der Waals surface area (Å²) in [4.78, 5) is 0. The van der Waals surface area contributed by atoms with Gasteiger partial charge < -0.3 is 10.2 Å². The summed E-state index contributed by atoms with van der Waals surface area (Å²) < 4.78 is 5.84. The first-order chi connectivity index (χ1) is 10.0. The van der Waals surface area contributed by atoms with E-state index < -0.39 is 0 Å². The summed E-state index contributed by atoms with van der Waals surface area (Å²) in [5.74, 6) is 0.799. The smallest absolute Gasteiger partial charge is 0.134 e. The molecule has 0 bridgehead atoms. The zero-order valence-electron chi connectivity index (χ0n) is 12.2. The molecule has 3 aromatic rings. The Kier molecular flexibility index (Phi) is 3.75. The van der Waals surface area contributed by atoms with Gasteiger partial charge in [0.15, 0.2) is 0 Å². The molecular weight excluding hydrogens is 282 g/mol. The van der Waals surface area contributed by atoms with Crippen LogP contribution in [0.2, 0.25) is 5.02 Å². The highest BCUT2D eigenvalue weighted by molar-refractivity contribution is 6.31. The van der Waals surface area contributed by atoms with Gasteiger partial charge in [0.05, 0.1) is 6.04 Å². The van der Waals surface area contributed by atoms with Gasteiger partial charge in [-0.25, -0.2) is 0 Å². The Morgan fingerprint density at radius 3 is 2.71 bits per heavy atom. The fraction of sp³-hybridized carbons (Fsp3) is 0.222. The highest BCUT2D eigenvalue weighted by Crippen LogP contribution is 2.27. The van der Waals surface area contributed by atoms with Crippen LogP contribution in [0.15, 0.2) is 46.9 Å². The van der Waals surface area contributed by atoms with Crippen molar-refractivity contribution in [2.75, 3.05) is 0 Å². The van der Waals surface area contributed by atoms with Crippen molar-refractivity contribution in [1.29, 1.82) is 0 Å². The molecule has 1 heterocycles. The van der Waals surface area contributed by atoms with E-state index >= 15 is 0 Å². The predicted octanol–water partition coefficient (Wildman–Crippen LogP) is 4.95. The van der Waals surface area contributed by atoms with Crippen LogP contribution in [0.4, 0.5) is 0 Å². The lowest BCUT2D eigenvalue weighted by Crippen LogP contribution is -2.13. The largest absolute Gasteiger partial charge is 0.459 e. The zero-order chi connectivity index (χ0) is 15.0. The van der Waals surface area contributed by atoms with Gasteiger partial charge in [-0.2, -0.15) is 0 Å². The monoisotopic (exact) mass is 299 g/mol. The van der Waals surface area contributed by atoms with E-state index in [2.05, 4.69) is 32.0 Å². The van der Waals surface area contributed by atoms with Crippen LogP contribution in [0.25, 0.3) is 11.0 Å². The molecule has 0 aliphatic carbocycles. The quantitative estimate of drug-likeness (QED) is 0.743. The Labute approximate surface area is 129 Å². The number of nitrogens with two attached hydrogens (primary N) is 1. The first-order valence-electron chi connectivity index (χ1n) is 7.03. The normalized spacial score (nSPS) is 12.8. The molecule has 0 aliphatic rings. The minimum atomic E-state index is -0.156. The standard InChI is InChI=1S/C18H18ClNO/c1-11-3-4-12(2)13(7-11)9-16(20)18-10-14-8-15(19)5-6-17(14)21-18/h3-8,10,16H,9,20H2,1-2H3. The van der Waals surface area contributed by atoms with Crippen molar-refractivity contribution in [3.8, 4) is 0 Å². The number of hydrogen-bond acceptors (Lipinski definition) is 2. The molecule has 3 rings (SSSR count). The average Bonchev–Trinajstić information content (AvgIpc) is 2.86. The van der Waals surface area contributed by atoms with Gasteiger partial charge in [-0.05, 0) is 55.7 Å². The van der Waals surface area contributed by atoms with E-state index in [1.165, 1.54) is 16.7 Å². The lowest BCUT2D eigenvalue weighted by atomic mass is 9.98. The second-order valence-corrected chi connectivity index (χ2v) is 6.01. The molecule has 2 aromatic carbocycles. The van der Waals surface area contributed by atoms with Crippen LogP contribution in [0.3, 0.4) is 0 Å². The van der Waals surface area contributed by atoms with Crippen molar-refractivity contribution in [2.45, 2.75) is 26.3 Å². The lowest BCUT2D eigenvalue weighted by molar-refractivity contribution is 0.493. The maximum atomic E-state index is 6.32. The van der Waals surface area contributed by atoms with Crippen molar-refractivity contribution >= 4 is 22.6 Å². The molecule has 2 N–H and O–H groups in total. The molecule has 3 heteroatoms. The van der Waals surface area contributed by atoms with E-state index in [1.54, 1.807) is 0 Å². The molecule has 0 fully saturated rings. The fourth-order valence-electron chi connectivity index (χ4n) is 2.58. The van der Waals surface area contributed by atoms with Crippen molar-refractivity contribution in [2.24, 2.45) is 5.73 Å². The van der Waals surface area contributed by atoms with Crippen molar-refractivity contribution < 1.29 is 4.42 Å². The number of benzene rings is 2. The molecule has 1 unspecified atom stereocenters. The number of halogens is 1. The third kappa shape index (κ3) is 2.97. The molecule has 0 amide bonds. The fourth-order valence-corrected chi connectivity index (χ4v) is 2.76. The highest BCUT2D eigenvalue weighted by atomic mass is 35.5. The molecule has 1 atom stereocenters. The third-order valence-electron chi connectivity index (χ3n) is 3.81. The summed E-state index contributed by atoms with van der Waals surface area (Å²) in [5.41, 5.74) is 10.9. The van der Waals surface area contributed by atoms with Crippen LogP contribution in [-0.4, -0.2) is 0 Å². The van der Waals surface area contributed by atoms with Gasteiger partial charge in [0.1, 0.15) is 11.3 Å². The molecule has 2 nitrogen and oxygen atoms in total. The predicted molar refractivity (Wildman–Crippen MR) is 87.8 cm³/mol. The molecule has 21 heavy (non-hydrogen) atoms. The lowest BCUT2D eigenvalue weighted by Gasteiger charge is -2.12. The molecule has 0 radical (unpaired) electrons. The second kappa shape index (κ2) is 5.55. The van der Waals surface area contributed by atoms with Crippen LogP contribution in [0, 0.1) is 13.8 Å². The third-order valence-corrected chi connectivity index (χ3v) is 4.04. The van der Waals surface area contributed by atoms with E-state index in [0.717, 1.165) is 23.2 Å². The summed E-state index contributed by atoms with van der Waals surface area (Å²) >= 11 is 6.00. The summed E-state index contributed by atoms with van der Waals surface area (Å²) in [6.07, 6.45) is 0.765. The Morgan fingerprint density at radius 1 is 1.10 bits per heavy atom. The first-order valence-corrected chi connectivity index (χ1v) is 7.41. The van der Waals surface area contributed by atoms with E-state index in [1.807, 2.05) is 24.3 Å². The summed E-state index contributed by atoms with van der Waals surface area (Å²) in [6, 6.07) is 13.9. The molecule has 0 saturated carbocycles. The van der Waals surface area contributed by atoms with Gasteiger partial charge in [-0.1, -0.05) is 35.4 Å². The summed E-state index contributed by atoms with van der Waals surface area (Å²) in [7, 11) is 0. The van der Waals surface area contributed by atoms with E-state index in [-0.39, 0.29) is 6.04 Å². The molecule has 0 spiro atoms. The number of furan rings is 1. The molecular formula is C18H18ClNO. The van der Waals surface area contributed by atoms with Crippen LogP contribution < -0.4 is 5.73 Å². The maximum Gasteiger partial charge on any atom is 0.134 e. The van der Waals surface area contributed by atoms with Crippen molar-refractivity contribution in [3.63, 3.8) is 0 Å². The van der Waals surface area contributed by atoms with Crippen molar-refractivity contribution in [3.05, 3.63) is 69.9 Å². The van der Waals surface area contributed by atoms with Gasteiger partial charge in [-0.15, -0.1) is 0 Å². The highest BCUT2D eigenvalue weighted by Gasteiger charge is 2.14. The van der Waals surface area contributed by atoms with E-state index in [4.69, 9.17) is 21.8 Å². The molecule has 0 aliphatic heterocycles. The van der Waals surface area contributed by atoms with Crippen molar-refractivity contribution in [1.82, 2.24) is 0 Å². The number of hydrogen-bond donors (Lipinski definition) is 1. The maximum absolute atomic E-state index is 6.32. The van der Waals surface area contributed by atoms with Crippen LogP contribution in [0.5, 0.6) is 0 Å². The molecule has 108 valence electrons. The van der Waals surface area contributed by atoms with Gasteiger partial charge >= 0.3 is 0 Å². The number of aryl methyl sites for hydroxylation is 2. The zero-order valence-corrected chi connectivity index (χ0v) is 12.9. The summed E-state index contributed by atoms with van der Waals surface area (Å²) in [5, 5.41) is 1.70.